The molecule has 1 saturated carbocycles. The molecule has 0 atom stereocenters. The average molecular weight is 371 g/mol. The third kappa shape index (κ3) is 3.52. The Kier molecular flexibility index (Phi) is 5.01. The zero-order chi connectivity index (χ0) is 17.3. The second-order valence-electron chi connectivity index (χ2n) is 5.93. The van der Waals surface area contributed by atoms with Crippen LogP contribution in [0.3, 0.4) is 0 Å². The summed E-state index contributed by atoms with van der Waals surface area (Å²) in [7, 11) is 0. The van der Waals surface area contributed by atoms with Gasteiger partial charge in [0.25, 0.3) is 5.91 Å². The van der Waals surface area contributed by atoms with Crippen molar-refractivity contribution in [2.45, 2.75) is 44.3 Å². The highest BCUT2D eigenvalue weighted by Gasteiger charge is 2.38. The number of alkyl halides is 3. The van der Waals surface area contributed by atoms with Gasteiger partial charge in [-0.15, -0.1) is 0 Å². The van der Waals surface area contributed by atoms with Crippen LogP contribution in [-0.4, -0.2) is 21.2 Å². The highest BCUT2D eigenvalue weighted by atomic mass is 32.2. The summed E-state index contributed by atoms with van der Waals surface area (Å²) in [6.07, 6.45) is 1.92. The Hall–Kier alpha value is -1.34. The first-order valence-corrected chi connectivity index (χ1v) is 9.03. The highest BCUT2D eigenvalue weighted by molar-refractivity contribution is 8.26. The van der Waals surface area contributed by atoms with Gasteiger partial charge in [0.05, 0.1) is 10.5 Å². The summed E-state index contributed by atoms with van der Waals surface area (Å²) in [6.45, 7) is 0. The average Bonchev–Trinajstić information content (AvgIpc) is 2.82. The SMILES string of the molecule is O=C1/C(=C\c2ccccc2C(F)(F)F)SC(=S)N1C1CCCCC1. The van der Waals surface area contributed by atoms with Crippen LogP contribution in [0, 0.1) is 0 Å². The van der Waals surface area contributed by atoms with Gasteiger partial charge in [-0.1, -0.05) is 61.4 Å². The van der Waals surface area contributed by atoms with E-state index in [1.54, 1.807) is 4.90 Å². The molecule has 3 rings (SSSR count). The number of halogens is 3. The lowest BCUT2D eigenvalue weighted by atomic mass is 9.94. The molecule has 0 unspecified atom stereocenters. The van der Waals surface area contributed by atoms with Crippen LogP contribution in [0.5, 0.6) is 0 Å². The Morgan fingerprint density at radius 3 is 2.50 bits per heavy atom. The fourth-order valence-electron chi connectivity index (χ4n) is 3.16. The first-order chi connectivity index (χ1) is 11.4. The lowest BCUT2D eigenvalue weighted by molar-refractivity contribution is -0.137. The minimum atomic E-state index is -4.45. The van der Waals surface area contributed by atoms with E-state index in [1.165, 1.54) is 24.3 Å². The molecule has 2 aliphatic rings. The molecule has 0 spiro atoms. The lowest BCUT2D eigenvalue weighted by Crippen LogP contribution is -2.39. The maximum Gasteiger partial charge on any atom is 0.416 e. The van der Waals surface area contributed by atoms with Crippen molar-refractivity contribution in [1.82, 2.24) is 4.90 Å². The number of hydrogen-bond donors (Lipinski definition) is 0. The summed E-state index contributed by atoms with van der Waals surface area (Å²) in [6, 6.07) is 5.34. The van der Waals surface area contributed by atoms with E-state index in [4.69, 9.17) is 12.2 Å². The quantitative estimate of drug-likeness (QED) is 0.524. The molecular weight excluding hydrogens is 355 g/mol. The highest BCUT2D eigenvalue weighted by Crippen LogP contribution is 2.39. The molecule has 1 saturated heterocycles. The molecule has 24 heavy (non-hydrogen) atoms. The summed E-state index contributed by atoms with van der Waals surface area (Å²) in [4.78, 5) is 14.5. The van der Waals surface area contributed by atoms with Gasteiger partial charge in [-0.05, 0) is 30.5 Å². The Balaban J connectivity index is 1.90. The van der Waals surface area contributed by atoms with Crippen LogP contribution in [0.15, 0.2) is 29.2 Å². The van der Waals surface area contributed by atoms with E-state index >= 15 is 0 Å². The van der Waals surface area contributed by atoms with Crippen molar-refractivity contribution in [1.29, 1.82) is 0 Å². The summed E-state index contributed by atoms with van der Waals surface area (Å²) < 4.78 is 39.8. The first-order valence-electron chi connectivity index (χ1n) is 7.81. The molecule has 1 aromatic carbocycles. The van der Waals surface area contributed by atoms with Gasteiger partial charge in [0, 0.05) is 6.04 Å². The topological polar surface area (TPSA) is 20.3 Å². The van der Waals surface area contributed by atoms with Crippen LogP contribution in [0.4, 0.5) is 13.2 Å². The fraction of sp³-hybridized carbons (Fsp3) is 0.412. The molecule has 0 bridgehead atoms. The molecule has 1 aliphatic heterocycles. The number of thiocarbonyl (C=S) groups is 1. The van der Waals surface area contributed by atoms with E-state index in [-0.39, 0.29) is 22.4 Å². The van der Waals surface area contributed by atoms with Gasteiger partial charge in [-0.2, -0.15) is 13.2 Å². The standard InChI is InChI=1S/C17H16F3NOS2/c18-17(19,20)13-9-5-4-6-11(13)10-14-15(22)21(16(23)24-14)12-7-2-1-3-8-12/h4-6,9-10,12H,1-3,7-8H2/b14-10+. The van der Waals surface area contributed by atoms with Crippen molar-refractivity contribution in [2.75, 3.05) is 0 Å². The number of amides is 1. The van der Waals surface area contributed by atoms with Gasteiger partial charge in [-0.3, -0.25) is 9.69 Å². The van der Waals surface area contributed by atoms with Crippen molar-refractivity contribution >= 4 is 40.3 Å². The number of rotatable bonds is 2. The molecule has 0 N–H and O–H groups in total. The van der Waals surface area contributed by atoms with Crippen LogP contribution in [0.1, 0.15) is 43.2 Å². The second-order valence-corrected chi connectivity index (χ2v) is 7.60. The Bertz CT molecular complexity index is 693. The minimum absolute atomic E-state index is 0.00542. The minimum Gasteiger partial charge on any atom is -0.290 e. The van der Waals surface area contributed by atoms with Gasteiger partial charge in [0.15, 0.2) is 0 Å². The van der Waals surface area contributed by atoms with E-state index in [9.17, 15) is 18.0 Å². The van der Waals surface area contributed by atoms with Crippen LogP contribution in [0.25, 0.3) is 6.08 Å². The number of carbonyl (C=O) groups excluding carboxylic acids is 1. The molecular formula is C17H16F3NOS2. The maximum atomic E-state index is 13.1. The number of nitrogens with zero attached hydrogens (tertiary/aromatic N) is 1. The Morgan fingerprint density at radius 1 is 1.17 bits per heavy atom. The molecule has 0 radical (unpaired) electrons. The van der Waals surface area contributed by atoms with Gasteiger partial charge in [-0.25, -0.2) is 0 Å². The van der Waals surface area contributed by atoms with Crippen molar-refractivity contribution < 1.29 is 18.0 Å². The van der Waals surface area contributed by atoms with Crippen molar-refractivity contribution in [3.63, 3.8) is 0 Å². The van der Waals surface area contributed by atoms with Crippen molar-refractivity contribution in [2.24, 2.45) is 0 Å². The number of benzene rings is 1. The molecule has 1 aliphatic carbocycles. The maximum absolute atomic E-state index is 13.1. The molecule has 128 valence electrons. The van der Waals surface area contributed by atoms with Crippen LogP contribution in [-0.2, 0) is 11.0 Å². The Labute approximate surface area is 148 Å². The molecule has 2 fully saturated rings. The molecule has 1 aromatic rings. The Morgan fingerprint density at radius 2 is 1.83 bits per heavy atom. The molecule has 1 amide bonds. The normalized spacial score (nSPS) is 21.8. The monoisotopic (exact) mass is 371 g/mol. The molecule has 2 nitrogen and oxygen atoms in total. The largest absolute Gasteiger partial charge is 0.416 e. The van der Waals surface area contributed by atoms with Crippen LogP contribution in [0.2, 0.25) is 0 Å². The fourth-order valence-corrected chi connectivity index (χ4v) is 4.55. The van der Waals surface area contributed by atoms with E-state index in [2.05, 4.69) is 0 Å². The van der Waals surface area contributed by atoms with E-state index in [0.29, 0.717) is 4.32 Å². The van der Waals surface area contributed by atoms with Gasteiger partial charge >= 0.3 is 6.18 Å². The first kappa shape index (κ1) is 17.5. The third-order valence-electron chi connectivity index (χ3n) is 4.32. The van der Waals surface area contributed by atoms with E-state index < -0.39 is 11.7 Å². The number of carbonyl (C=O) groups is 1. The number of thioether (sulfide) groups is 1. The summed E-state index contributed by atoms with van der Waals surface area (Å²) in [5, 5.41) is 0. The predicted molar refractivity (Wildman–Crippen MR) is 93.3 cm³/mol. The number of hydrogen-bond acceptors (Lipinski definition) is 3. The van der Waals surface area contributed by atoms with Crippen LogP contribution >= 0.6 is 24.0 Å². The molecule has 0 aromatic heterocycles. The zero-order valence-corrected chi connectivity index (χ0v) is 14.4. The van der Waals surface area contributed by atoms with E-state index in [1.807, 2.05) is 0 Å². The molecule has 7 heteroatoms. The summed E-state index contributed by atoms with van der Waals surface area (Å²) in [5.74, 6) is -0.270. The predicted octanol–water partition coefficient (Wildman–Crippen LogP) is 5.24. The zero-order valence-electron chi connectivity index (χ0n) is 12.8. The van der Waals surface area contributed by atoms with Gasteiger partial charge < -0.3 is 0 Å². The molecule has 1 heterocycles. The van der Waals surface area contributed by atoms with Crippen molar-refractivity contribution in [3.05, 3.63) is 40.3 Å². The lowest BCUT2D eigenvalue weighted by Gasteiger charge is -2.29. The van der Waals surface area contributed by atoms with Crippen molar-refractivity contribution in [3.8, 4) is 0 Å². The van der Waals surface area contributed by atoms with Gasteiger partial charge in [0.2, 0.25) is 0 Å². The van der Waals surface area contributed by atoms with Gasteiger partial charge in [0.1, 0.15) is 4.32 Å². The van der Waals surface area contributed by atoms with Crippen LogP contribution < -0.4 is 0 Å². The smallest absolute Gasteiger partial charge is 0.290 e. The summed E-state index contributed by atoms with van der Waals surface area (Å²) in [5.41, 5.74) is -0.748. The third-order valence-corrected chi connectivity index (χ3v) is 5.65. The second kappa shape index (κ2) is 6.88. The summed E-state index contributed by atoms with van der Waals surface area (Å²) >= 11 is 6.39. The van der Waals surface area contributed by atoms with E-state index in [0.717, 1.165) is 49.9 Å².